The molecule has 2 unspecified atom stereocenters. The number of aliphatic hydroxyl groups is 4. The van der Waals surface area contributed by atoms with E-state index in [4.69, 9.17) is 110 Å². The second-order valence-electron chi connectivity index (χ2n) is 40.4. The fourth-order valence-electron chi connectivity index (χ4n) is 15.8. The van der Waals surface area contributed by atoms with Crippen LogP contribution in [0.2, 0.25) is 0 Å². The van der Waals surface area contributed by atoms with Crippen LogP contribution in [0.1, 0.15) is 130 Å². The number of nitrogens with one attached hydrogen (secondary N) is 19. The van der Waals surface area contributed by atoms with Crippen molar-refractivity contribution in [2.24, 2.45) is 0 Å². The highest BCUT2D eigenvalue weighted by Gasteiger charge is 2.29. The number of hydrogen-bond donors (Lipinski definition) is 23. The Labute approximate surface area is 894 Å². The lowest BCUT2D eigenvalue weighted by molar-refractivity contribution is -0.00619. The van der Waals surface area contributed by atoms with Gasteiger partial charge in [0.05, 0.1) is 296 Å². The maximum atomic E-state index is 11.7. The lowest BCUT2D eigenvalue weighted by Crippen LogP contribution is -2.49. The largest absolute Gasteiger partial charge is 0.395 e. The number of rotatable bonds is 10. The van der Waals surface area contributed by atoms with E-state index in [1.54, 1.807) is 0 Å². The molecular weight excluding hydrogens is 1950 g/mol. The van der Waals surface area contributed by atoms with E-state index >= 15 is 0 Å². The average molecular weight is 2170 g/mol. The van der Waals surface area contributed by atoms with Crippen molar-refractivity contribution in [3.8, 4) is 0 Å². The van der Waals surface area contributed by atoms with Crippen LogP contribution >= 0.6 is 0 Å². The number of aliphatic hydroxyl groups excluding tert-OH is 4. The van der Waals surface area contributed by atoms with Gasteiger partial charge in [-0.3, -0.25) is 0 Å². The van der Waals surface area contributed by atoms with Crippen LogP contribution in [0.4, 0.5) is 17.6 Å². The van der Waals surface area contributed by atoms with Crippen molar-refractivity contribution in [1.82, 2.24) is 101 Å². The van der Waals surface area contributed by atoms with Gasteiger partial charge in [0.2, 0.25) is 0 Å². The fraction of sp³-hybridized carbons (Fsp3) is 1.00. The first-order valence-electron chi connectivity index (χ1n) is 56.2. The molecule has 46 heteroatoms. The predicted octanol–water partition coefficient (Wildman–Crippen LogP) is -1.55. The number of ether oxygens (including phenoxy) is 19. The minimum Gasteiger partial charge on any atom is -0.395 e. The second kappa shape index (κ2) is 100. The molecule has 20 aliphatic heterocycles. The number of alkyl halides is 4. The smallest absolute Gasteiger partial charge is 0.117 e. The first-order valence-corrected chi connectivity index (χ1v) is 56.2. The molecule has 0 radical (unpaired) electrons. The molecule has 0 aromatic rings. The molecule has 20 saturated heterocycles. The molecule has 20 aliphatic rings. The predicted molar refractivity (Wildman–Crippen MR) is 579 cm³/mol. The van der Waals surface area contributed by atoms with Gasteiger partial charge < -0.3 is 211 Å². The van der Waals surface area contributed by atoms with Gasteiger partial charge >= 0.3 is 0 Å². The van der Waals surface area contributed by atoms with Crippen LogP contribution < -0.4 is 101 Å². The quantitative estimate of drug-likeness (QED) is 0.110. The summed E-state index contributed by atoms with van der Waals surface area (Å²) in [5.41, 5.74) is 0.207. The molecule has 0 amide bonds. The Balaban J connectivity index is 0.000000531. The first-order chi connectivity index (χ1) is 72.3. The van der Waals surface area contributed by atoms with Crippen LogP contribution in [0.5, 0.6) is 0 Å². The molecule has 0 aliphatic carbocycles. The summed E-state index contributed by atoms with van der Waals surface area (Å²) in [5, 5.41) is 94.7. The third-order valence-electron chi connectivity index (χ3n) is 24.4. The van der Waals surface area contributed by atoms with Gasteiger partial charge in [-0.1, -0.05) is 13.8 Å². The van der Waals surface area contributed by atoms with Crippen LogP contribution in [0.25, 0.3) is 0 Å². The van der Waals surface area contributed by atoms with Gasteiger partial charge in [-0.25, -0.2) is 17.6 Å². The topological polar surface area (TPSA) is 485 Å². The summed E-state index contributed by atoms with van der Waals surface area (Å²) < 4.78 is 145. The van der Waals surface area contributed by atoms with E-state index in [2.05, 4.69) is 205 Å². The molecule has 892 valence electrons. The molecule has 2 bridgehead atoms. The van der Waals surface area contributed by atoms with Gasteiger partial charge in [-0.05, 0) is 116 Å². The van der Waals surface area contributed by atoms with Crippen LogP contribution in [-0.2, 0) is 90.0 Å². The zero-order chi connectivity index (χ0) is 109. The maximum absolute atomic E-state index is 11.7. The Hall–Kier alpha value is -1.96. The van der Waals surface area contributed by atoms with Gasteiger partial charge in [0.15, 0.2) is 0 Å². The monoisotopic (exact) mass is 2170 g/mol. The third kappa shape index (κ3) is 86.6. The van der Waals surface area contributed by atoms with E-state index in [0.717, 1.165) is 302 Å². The minimum atomic E-state index is -0.368. The van der Waals surface area contributed by atoms with Crippen molar-refractivity contribution in [3.05, 3.63) is 0 Å². The zero-order valence-electron chi connectivity index (χ0n) is 94.6. The van der Waals surface area contributed by atoms with Gasteiger partial charge in [0, 0.05) is 217 Å². The van der Waals surface area contributed by atoms with Crippen molar-refractivity contribution in [2.45, 2.75) is 275 Å². The van der Waals surface area contributed by atoms with Crippen molar-refractivity contribution in [1.29, 1.82) is 0 Å². The number of hydrogen-bond acceptors (Lipinski definition) is 42. The Kier molecular flexibility index (Phi) is 96.3. The molecule has 20 fully saturated rings. The summed E-state index contributed by atoms with van der Waals surface area (Å²) in [5.74, 6) is 0. The van der Waals surface area contributed by atoms with E-state index < -0.39 is 0 Å². The molecule has 23 atom stereocenters. The van der Waals surface area contributed by atoms with Crippen LogP contribution in [-0.4, -0.2) is 561 Å². The normalized spacial score (nSPS) is 33.4. The van der Waals surface area contributed by atoms with Crippen LogP contribution in [0.15, 0.2) is 0 Å². The van der Waals surface area contributed by atoms with Crippen molar-refractivity contribution < 1.29 is 128 Å². The Morgan fingerprint density at radius 2 is 0.530 bits per heavy atom. The molecule has 20 rings (SSSR count). The summed E-state index contributed by atoms with van der Waals surface area (Å²) in [6.07, 6.45) is 7.80. The van der Waals surface area contributed by atoms with E-state index in [1.165, 1.54) is 12.8 Å². The van der Waals surface area contributed by atoms with Crippen LogP contribution in [0, 0.1) is 0 Å². The lowest BCUT2D eigenvalue weighted by atomic mass is 10.1. The van der Waals surface area contributed by atoms with Gasteiger partial charge in [-0.15, -0.1) is 0 Å². The summed E-state index contributed by atoms with van der Waals surface area (Å²) in [7, 11) is 0. The molecule has 20 heterocycles. The van der Waals surface area contributed by atoms with Gasteiger partial charge in [-0.2, -0.15) is 0 Å². The first kappa shape index (κ1) is 143. The highest BCUT2D eigenvalue weighted by Crippen LogP contribution is 2.21. The SMILES string of the molecule is C1CC2CNCC1O2.CC1(C)COCCN1.CC[C@@H]1CNCCO1.CC[C@H]1CNCCO1.C[C@@H]1CNCCO1.C[C@@H]1COCCN1.C[C@@H]1COC[C@@H](C)N1.C[C@@H]1COC[C@H](C)N1.C[C@@H]1CO[C@H](C)CN1.C[C@H]1CNCCO1.C[C@H]1COC[C@H](C)N1.FC[C@@H]1CNCCO1.FC[C@@H]1COCCN1.FC[C@H]1CNCCO1.FC[C@H]1COCCN1.OC[C@@H]1CNCCO1.OC[C@@H]1COCCN1.OC[C@H]1CNCCO1.OC[C@H]1COCCN1. The second-order valence-corrected chi connectivity index (χ2v) is 40.4. The Bertz CT molecular complexity index is 2300. The molecule has 149 heavy (non-hydrogen) atoms. The maximum Gasteiger partial charge on any atom is 0.117 e. The fourth-order valence-corrected chi connectivity index (χ4v) is 15.8. The average Bonchev–Trinajstić information content (AvgIpc) is 1.75. The van der Waals surface area contributed by atoms with E-state index in [9.17, 15) is 17.6 Å². The number of fused-ring (bicyclic) bond motifs is 2. The molecule has 23 N–H and O–H groups in total. The molecular formula is C103H219F4N19O23. The standard InChI is InChI=1S/C6H11NO.7C6H13NO.4C5H10FNO.4C5H11NO2.3C5H11NO/c1-2-6-4-7-3-5(1)8-6;1-5-4-8-6(2)3-7-5;3*1-5-3-8-4-6(2)7-5;1-6(2)5-8-4-3-7-6;2*1-2-6-5-7-3-4-8-6;2*6-3-5-4-8-2-1-7-5;2*6-3-5-4-7-1-2-8-5;2*7-3-5-4-8-2-1-6-5;2*7-4-5-3-6-1-2-8-5;1-5-4-7-3-2-6-5;2*1-5-4-6-2-3-7-5/h5-7H,1-4H2;4*5-7H,3-4H2,1-2H3;7H,3-5H2,1-2H3;2*6-7H,2-5H2,1H3;4*5,7H,1-4H2;4*5-7H,1-4H2;3*5-6H,2-4H2,1H3/t;5-,6-;5-,6+;2*5-,6-;;2*6-;11*5-/m.1.10.1010101010110/s1. The Morgan fingerprint density at radius 3 is 0.678 bits per heavy atom. The minimum absolute atomic E-state index is 0.0312. The number of halogens is 4. The molecule has 0 aromatic carbocycles. The summed E-state index contributed by atoms with van der Waals surface area (Å²) in [6, 6.07) is 4.59. The van der Waals surface area contributed by atoms with Gasteiger partial charge in [0.25, 0.3) is 0 Å². The van der Waals surface area contributed by atoms with Gasteiger partial charge in [0.1, 0.15) is 26.7 Å². The molecule has 42 nitrogen and oxygen atoms in total. The van der Waals surface area contributed by atoms with E-state index in [0.29, 0.717) is 144 Å². The highest BCUT2D eigenvalue weighted by atomic mass is 19.1. The van der Waals surface area contributed by atoms with Crippen molar-refractivity contribution >= 4 is 0 Å². The highest BCUT2D eigenvalue weighted by molar-refractivity contribution is 4.84. The summed E-state index contributed by atoms with van der Waals surface area (Å²) >= 11 is 0. The van der Waals surface area contributed by atoms with Crippen molar-refractivity contribution in [2.75, 3.05) is 395 Å². The Morgan fingerprint density at radius 1 is 0.242 bits per heavy atom. The summed E-state index contributed by atoms with van der Waals surface area (Å²) in [6.45, 7) is 75.4. The molecule has 0 aromatic heterocycles. The van der Waals surface area contributed by atoms with E-state index in [1.807, 2.05) is 0 Å². The lowest BCUT2D eigenvalue weighted by Gasteiger charge is -2.30. The van der Waals surface area contributed by atoms with Crippen LogP contribution in [0.3, 0.4) is 0 Å². The molecule has 0 spiro atoms. The number of morpholine rings is 19. The summed E-state index contributed by atoms with van der Waals surface area (Å²) in [4.78, 5) is 0. The van der Waals surface area contributed by atoms with E-state index in [-0.39, 0.29) is 107 Å². The third-order valence-corrected chi connectivity index (χ3v) is 24.4. The van der Waals surface area contributed by atoms with Crippen molar-refractivity contribution in [3.63, 3.8) is 0 Å². The molecule has 0 saturated carbocycles. The zero-order valence-corrected chi connectivity index (χ0v) is 94.6.